The first kappa shape index (κ1) is 11.6. The zero-order chi connectivity index (χ0) is 11.8. The highest BCUT2D eigenvalue weighted by molar-refractivity contribution is 7.92. The van der Waals surface area contributed by atoms with E-state index in [0.717, 1.165) is 0 Å². The summed E-state index contributed by atoms with van der Waals surface area (Å²) in [6.07, 6.45) is 0. The fourth-order valence-electron chi connectivity index (χ4n) is 1.42. The lowest BCUT2D eigenvalue weighted by molar-refractivity contribution is 0.0416. The van der Waals surface area contributed by atoms with Crippen LogP contribution >= 0.6 is 0 Å². The van der Waals surface area contributed by atoms with Crippen LogP contribution in [0.5, 0.6) is 0 Å². The molecule has 1 aliphatic rings. The molecule has 1 aromatic rings. The highest BCUT2D eigenvalue weighted by atomic mass is 32.2. The molecule has 0 spiro atoms. The number of benzene rings is 1. The maximum atomic E-state index is 11.9. The Morgan fingerprint density at radius 2 is 1.75 bits per heavy atom. The first-order chi connectivity index (χ1) is 7.51. The number of hydrogen-bond donors (Lipinski definition) is 2. The van der Waals surface area contributed by atoms with Gasteiger partial charge in [0.05, 0.1) is 18.1 Å². The average molecular weight is 242 g/mol. The van der Waals surface area contributed by atoms with Gasteiger partial charge in [-0.15, -0.1) is 0 Å². The summed E-state index contributed by atoms with van der Waals surface area (Å²) in [5, 5.41) is 17.3. The van der Waals surface area contributed by atoms with E-state index in [0.29, 0.717) is 0 Å². The number of ether oxygens (including phenoxy) is 1. The third kappa shape index (κ3) is 1.99. The lowest BCUT2D eigenvalue weighted by Crippen LogP contribution is -2.40. The van der Waals surface area contributed by atoms with Gasteiger partial charge in [0.2, 0.25) is 0 Å². The fourth-order valence-corrected chi connectivity index (χ4v) is 2.87. The van der Waals surface area contributed by atoms with Gasteiger partial charge in [0.1, 0.15) is 5.25 Å². The van der Waals surface area contributed by atoms with Crippen molar-refractivity contribution in [3.63, 3.8) is 0 Å². The second-order valence-electron chi connectivity index (χ2n) is 3.65. The van der Waals surface area contributed by atoms with Gasteiger partial charge in [-0.1, -0.05) is 12.1 Å². The van der Waals surface area contributed by atoms with E-state index in [1.54, 1.807) is 0 Å². The summed E-state index contributed by atoms with van der Waals surface area (Å²) in [5.41, 5.74) is 0.267. The summed E-state index contributed by atoms with van der Waals surface area (Å²) in [6, 6.07) is 5.53. The maximum Gasteiger partial charge on any atom is 0.488 e. The second kappa shape index (κ2) is 4.17. The molecule has 0 amide bonds. The molecule has 1 aliphatic heterocycles. The molecule has 0 atom stereocenters. The van der Waals surface area contributed by atoms with Gasteiger partial charge in [0, 0.05) is 0 Å². The predicted octanol–water partition coefficient (Wildman–Crippen LogP) is -1.46. The third-order valence-electron chi connectivity index (χ3n) is 2.55. The monoisotopic (exact) mass is 242 g/mol. The minimum Gasteiger partial charge on any atom is -0.423 e. The van der Waals surface area contributed by atoms with Crippen LogP contribution in [0.4, 0.5) is 0 Å². The Bertz CT molecular complexity index is 463. The summed E-state index contributed by atoms with van der Waals surface area (Å²) < 4.78 is 28.6. The van der Waals surface area contributed by atoms with E-state index in [9.17, 15) is 8.42 Å². The lowest BCUT2D eigenvalue weighted by Gasteiger charge is -2.25. The van der Waals surface area contributed by atoms with Crippen LogP contribution in [0.1, 0.15) is 0 Å². The molecule has 0 aliphatic carbocycles. The standard InChI is InChI=1S/C9H11BO5S/c11-10(12)7-1-3-8(4-2-7)16(13,14)9-5-15-6-9/h1-4,9,11-12H,5-6H2. The molecule has 1 heterocycles. The fraction of sp³-hybridized carbons (Fsp3) is 0.333. The van der Waals surface area contributed by atoms with Gasteiger partial charge in [-0.25, -0.2) is 8.42 Å². The van der Waals surface area contributed by atoms with Gasteiger partial charge in [-0.05, 0) is 17.6 Å². The van der Waals surface area contributed by atoms with Gasteiger partial charge in [0.25, 0.3) is 0 Å². The first-order valence-corrected chi connectivity index (χ1v) is 6.34. The summed E-state index contributed by atoms with van der Waals surface area (Å²) >= 11 is 0. The molecule has 0 unspecified atom stereocenters. The van der Waals surface area contributed by atoms with E-state index in [1.807, 2.05) is 0 Å². The minimum atomic E-state index is -3.33. The van der Waals surface area contributed by atoms with Crippen LogP contribution < -0.4 is 5.46 Å². The van der Waals surface area contributed by atoms with Crippen LogP contribution in [-0.4, -0.2) is 44.0 Å². The largest absolute Gasteiger partial charge is 0.488 e. The molecule has 2 N–H and O–H groups in total. The van der Waals surface area contributed by atoms with Gasteiger partial charge < -0.3 is 14.8 Å². The third-order valence-corrected chi connectivity index (χ3v) is 4.63. The number of sulfone groups is 1. The summed E-state index contributed by atoms with van der Waals surface area (Å²) in [5.74, 6) is 0. The molecular formula is C9H11BO5S. The molecule has 0 saturated carbocycles. The van der Waals surface area contributed by atoms with Crippen molar-refractivity contribution in [1.29, 1.82) is 0 Å². The molecule has 7 heteroatoms. The topological polar surface area (TPSA) is 83.8 Å². The van der Waals surface area contributed by atoms with E-state index in [2.05, 4.69) is 0 Å². The Morgan fingerprint density at radius 3 is 2.12 bits per heavy atom. The van der Waals surface area contributed by atoms with Crippen LogP contribution in [-0.2, 0) is 14.6 Å². The smallest absolute Gasteiger partial charge is 0.423 e. The van der Waals surface area contributed by atoms with Gasteiger partial charge in [0.15, 0.2) is 9.84 Å². The molecule has 1 aromatic carbocycles. The van der Waals surface area contributed by atoms with Crippen molar-refractivity contribution in [3.8, 4) is 0 Å². The molecule has 1 fully saturated rings. The Hall–Kier alpha value is -0.885. The van der Waals surface area contributed by atoms with E-state index < -0.39 is 22.2 Å². The van der Waals surface area contributed by atoms with Crippen LogP contribution in [0.3, 0.4) is 0 Å². The lowest BCUT2D eigenvalue weighted by atomic mass is 9.81. The molecule has 1 saturated heterocycles. The summed E-state index contributed by atoms with van der Waals surface area (Å²) in [4.78, 5) is 0.185. The Morgan fingerprint density at radius 1 is 1.19 bits per heavy atom. The van der Waals surface area contributed by atoms with E-state index in [4.69, 9.17) is 14.8 Å². The van der Waals surface area contributed by atoms with Crippen LogP contribution in [0.2, 0.25) is 0 Å². The molecule has 2 rings (SSSR count). The number of hydrogen-bond acceptors (Lipinski definition) is 5. The molecule has 86 valence electrons. The van der Waals surface area contributed by atoms with E-state index in [-0.39, 0.29) is 23.6 Å². The average Bonchev–Trinajstić information content (AvgIpc) is 2.14. The SMILES string of the molecule is O=S(=O)(c1ccc(B(O)O)cc1)C1COC1. The molecule has 0 bridgehead atoms. The van der Waals surface area contributed by atoms with Crippen molar-refractivity contribution < 1.29 is 23.2 Å². The van der Waals surface area contributed by atoms with Crippen LogP contribution in [0, 0.1) is 0 Å². The van der Waals surface area contributed by atoms with Gasteiger partial charge >= 0.3 is 7.12 Å². The van der Waals surface area contributed by atoms with E-state index in [1.165, 1.54) is 24.3 Å². The Kier molecular flexibility index (Phi) is 3.03. The van der Waals surface area contributed by atoms with Crippen molar-refractivity contribution >= 4 is 22.4 Å². The Balaban J connectivity index is 2.27. The highest BCUT2D eigenvalue weighted by Gasteiger charge is 2.33. The van der Waals surface area contributed by atoms with Crippen molar-refractivity contribution in [2.75, 3.05) is 13.2 Å². The quantitative estimate of drug-likeness (QED) is 0.633. The van der Waals surface area contributed by atoms with Crippen molar-refractivity contribution in [3.05, 3.63) is 24.3 Å². The summed E-state index contributed by atoms with van der Waals surface area (Å²) in [7, 11) is -4.91. The van der Waals surface area contributed by atoms with Gasteiger partial charge in [-0.3, -0.25) is 0 Å². The molecule has 0 radical (unpaired) electrons. The van der Waals surface area contributed by atoms with Crippen molar-refractivity contribution in [1.82, 2.24) is 0 Å². The molecule has 0 aromatic heterocycles. The zero-order valence-corrected chi connectivity index (χ0v) is 9.22. The second-order valence-corrected chi connectivity index (χ2v) is 5.88. The van der Waals surface area contributed by atoms with Gasteiger partial charge in [-0.2, -0.15) is 0 Å². The maximum absolute atomic E-state index is 11.9. The Labute approximate surface area is 93.7 Å². The van der Waals surface area contributed by atoms with Crippen molar-refractivity contribution in [2.24, 2.45) is 0 Å². The zero-order valence-electron chi connectivity index (χ0n) is 8.41. The summed E-state index contributed by atoms with van der Waals surface area (Å²) in [6.45, 7) is 0.458. The molecule has 5 nitrogen and oxygen atoms in total. The van der Waals surface area contributed by atoms with E-state index >= 15 is 0 Å². The highest BCUT2D eigenvalue weighted by Crippen LogP contribution is 2.20. The number of rotatable bonds is 3. The van der Waals surface area contributed by atoms with Crippen molar-refractivity contribution in [2.45, 2.75) is 10.1 Å². The first-order valence-electron chi connectivity index (χ1n) is 4.79. The normalized spacial score (nSPS) is 16.9. The van der Waals surface area contributed by atoms with Crippen LogP contribution in [0.25, 0.3) is 0 Å². The van der Waals surface area contributed by atoms with Crippen LogP contribution in [0.15, 0.2) is 29.2 Å². The molecular weight excluding hydrogens is 231 g/mol. The minimum absolute atomic E-state index is 0.185. The molecule has 16 heavy (non-hydrogen) atoms. The predicted molar refractivity (Wildman–Crippen MR) is 58.1 cm³/mol.